The van der Waals surface area contributed by atoms with E-state index in [0.717, 1.165) is 18.8 Å². The van der Waals surface area contributed by atoms with Gasteiger partial charge in [-0.15, -0.1) is 0 Å². The van der Waals surface area contributed by atoms with Gasteiger partial charge in [0.25, 0.3) is 0 Å². The number of unbranched alkanes of at least 4 members (excludes halogenated alkanes) is 2. The van der Waals surface area contributed by atoms with Crippen molar-refractivity contribution in [2.24, 2.45) is 5.41 Å². The molecule has 1 aliphatic carbocycles. The van der Waals surface area contributed by atoms with E-state index in [2.05, 4.69) is 38.2 Å². The zero-order valence-electron chi connectivity index (χ0n) is 12.8. The Bertz CT molecular complexity index is 410. The molecule has 1 N–H and O–H groups in total. The molecule has 2 rings (SSSR count). The molecule has 0 aromatic carbocycles. The SMILES string of the molecule is CCCCCC(C)(C)CNc1ccc2c(n1)CCC2. The normalized spacial score (nSPS) is 14.5. The van der Waals surface area contributed by atoms with Crippen LogP contribution in [0, 0.1) is 5.41 Å². The molecule has 1 heterocycles. The first kappa shape index (κ1) is 14.4. The van der Waals surface area contributed by atoms with Crippen molar-refractivity contribution in [1.29, 1.82) is 0 Å². The summed E-state index contributed by atoms with van der Waals surface area (Å²) in [5.41, 5.74) is 3.12. The molecule has 2 nitrogen and oxygen atoms in total. The van der Waals surface area contributed by atoms with Crippen LogP contribution in [-0.4, -0.2) is 11.5 Å². The number of fused-ring (bicyclic) bond motifs is 1. The maximum atomic E-state index is 4.74. The highest BCUT2D eigenvalue weighted by Gasteiger charge is 2.18. The second-order valence-corrected chi connectivity index (χ2v) is 6.63. The third-order valence-corrected chi connectivity index (χ3v) is 4.13. The summed E-state index contributed by atoms with van der Waals surface area (Å²) in [4.78, 5) is 4.74. The van der Waals surface area contributed by atoms with Crippen LogP contribution in [0.1, 0.15) is 64.1 Å². The topological polar surface area (TPSA) is 24.9 Å². The van der Waals surface area contributed by atoms with Crippen LogP contribution in [0.4, 0.5) is 5.82 Å². The van der Waals surface area contributed by atoms with Crippen molar-refractivity contribution in [3.05, 3.63) is 23.4 Å². The van der Waals surface area contributed by atoms with Crippen LogP contribution in [0.25, 0.3) is 0 Å². The Balaban J connectivity index is 1.84. The van der Waals surface area contributed by atoms with Crippen LogP contribution < -0.4 is 5.32 Å². The number of anilines is 1. The van der Waals surface area contributed by atoms with Gasteiger partial charge in [-0.25, -0.2) is 4.98 Å². The van der Waals surface area contributed by atoms with Gasteiger partial charge in [-0.2, -0.15) is 0 Å². The fourth-order valence-electron chi connectivity index (χ4n) is 2.79. The highest BCUT2D eigenvalue weighted by atomic mass is 15.0. The zero-order chi connectivity index (χ0) is 13.7. The van der Waals surface area contributed by atoms with Crippen LogP contribution in [0.3, 0.4) is 0 Å². The lowest BCUT2D eigenvalue weighted by molar-refractivity contribution is 0.342. The number of hydrogen-bond donors (Lipinski definition) is 1. The highest BCUT2D eigenvalue weighted by Crippen LogP contribution is 2.25. The van der Waals surface area contributed by atoms with Gasteiger partial charge in [0.1, 0.15) is 5.82 Å². The van der Waals surface area contributed by atoms with Gasteiger partial charge in [0.2, 0.25) is 0 Å². The molecule has 0 unspecified atom stereocenters. The lowest BCUT2D eigenvalue weighted by Gasteiger charge is -2.25. The van der Waals surface area contributed by atoms with E-state index in [1.165, 1.54) is 49.8 Å². The van der Waals surface area contributed by atoms with E-state index in [1.807, 2.05) is 0 Å². The van der Waals surface area contributed by atoms with Crippen LogP contribution in [0.15, 0.2) is 12.1 Å². The number of nitrogens with one attached hydrogen (secondary N) is 1. The van der Waals surface area contributed by atoms with Gasteiger partial charge >= 0.3 is 0 Å². The average molecular weight is 260 g/mol. The Morgan fingerprint density at radius 1 is 1.21 bits per heavy atom. The van der Waals surface area contributed by atoms with E-state index in [-0.39, 0.29) is 0 Å². The molecule has 0 saturated heterocycles. The molecular weight excluding hydrogens is 232 g/mol. The van der Waals surface area contributed by atoms with E-state index in [9.17, 15) is 0 Å². The van der Waals surface area contributed by atoms with Gasteiger partial charge in [0.05, 0.1) is 0 Å². The molecule has 0 atom stereocenters. The van der Waals surface area contributed by atoms with Gasteiger partial charge < -0.3 is 5.32 Å². The molecule has 2 heteroatoms. The molecule has 0 radical (unpaired) electrons. The molecule has 1 aliphatic rings. The average Bonchev–Trinajstić information content (AvgIpc) is 2.84. The van der Waals surface area contributed by atoms with Crippen molar-refractivity contribution in [3.8, 4) is 0 Å². The second-order valence-electron chi connectivity index (χ2n) is 6.63. The van der Waals surface area contributed by atoms with Crippen molar-refractivity contribution in [1.82, 2.24) is 4.98 Å². The van der Waals surface area contributed by atoms with Gasteiger partial charge in [-0.3, -0.25) is 0 Å². The lowest BCUT2D eigenvalue weighted by Crippen LogP contribution is -2.23. The summed E-state index contributed by atoms with van der Waals surface area (Å²) in [6.07, 6.45) is 8.92. The minimum atomic E-state index is 0.357. The Hall–Kier alpha value is -1.05. The predicted octanol–water partition coefficient (Wildman–Crippen LogP) is 4.59. The smallest absolute Gasteiger partial charge is 0.126 e. The molecule has 0 saturated carbocycles. The van der Waals surface area contributed by atoms with Crippen molar-refractivity contribution >= 4 is 5.82 Å². The van der Waals surface area contributed by atoms with E-state index in [0.29, 0.717) is 5.41 Å². The molecule has 0 amide bonds. The molecule has 0 fully saturated rings. The monoisotopic (exact) mass is 260 g/mol. The van der Waals surface area contributed by atoms with Crippen LogP contribution in [0.2, 0.25) is 0 Å². The van der Waals surface area contributed by atoms with Crippen LogP contribution in [0.5, 0.6) is 0 Å². The summed E-state index contributed by atoms with van der Waals surface area (Å²) in [5, 5.41) is 3.53. The van der Waals surface area contributed by atoms with Crippen LogP contribution in [-0.2, 0) is 12.8 Å². The summed E-state index contributed by atoms with van der Waals surface area (Å²) in [7, 11) is 0. The summed E-state index contributed by atoms with van der Waals surface area (Å²) < 4.78 is 0. The third-order valence-electron chi connectivity index (χ3n) is 4.13. The van der Waals surface area contributed by atoms with E-state index < -0.39 is 0 Å². The standard InChI is InChI=1S/C17H28N2/c1-4-5-6-12-17(2,3)13-18-16-11-10-14-8-7-9-15(14)19-16/h10-11H,4-9,12-13H2,1-3H3,(H,18,19). The van der Waals surface area contributed by atoms with Crippen molar-refractivity contribution in [3.63, 3.8) is 0 Å². The van der Waals surface area contributed by atoms with Gasteiger partial charge in [0.15, 0.2) is 0 Å². The van der Waals surface area contributed by atoms with E-state index in [1.54, 1.807) is 0 Å². The number of aromatic nitrogens is 1. The fourth-order valence-corrected chi connectivity index (χ4v) is 2.79. The lowest BCUT2D eigenvalue weighted by atomic mass is 9.87. The molecule has 0 aliphatic heterocycles. The minimum Gasteiger partial charge on any atom is -0.370 e. The zero-order valence-corrected chi connectivity index (χ0v) is 12.8. The quantitative estimate of drug-likeness (QED) is 0.725. The van der Waals surface area contributed by atoms with Crippen LogP contribution >= 0.6 is 0 Å². The molecule has 1 aromatic heterocycles. The van der Waals surface area contributed by atoms with Gasteiger partial charge in [-0.05, 0) is 42.7 Å². The summed E-state index contributed by atoms with van der Waals surface area (Å²) in [6.45, 7) is 7.98. The molecular formula is C17H28N2. The number of aryl methyl sites for hydroxylation is 2. The fraction of sp³-hybridized carbons (Fsp3) is 0.706. The first-order valence-electron chi connectivity index (χ1n) is 7.83. The maximum Gasteiger partial charge on any atom is 0.126 e. The van der Waals surface area contributed by atoms with Crippen molar-refractivity contribution in [2.45, 2.75) is 65.7 Å². The number of rotatable bonds is 7. The summed E-state index contributed by atoms with van der Waals surface area (Å²) in [6, 6.07) is 4.40. The first-order chi connectivity index (χ1) is 9.11. The molecule has 106 valence electrons. The predicted molar refractivity (Wildman–Crippen MR) is 82.7 cm³/mol. The van der Waals surface area contributed by atoms with E-state index in [4.69, 9.17) is 4.98 Å². The second kappa shape index (κ2) is 6.40. The highest BCUT2D eigenvalue weighted by molar-refractivity contribution is 5.40. The largest absolute Gasteiger partial charge is 0.370 e. The Kier molecular flexibility index (Phi) is 4.84. The Labute approximate surface area is 118 Å². The van der Waals surface area contributed by atoms with Crippen molar-refractivity contribution in [2.75, 3.05) is 11.9 Å². The van der Waals surface area contributed by atoms with Gasteiger partial charge in [-0.1, -0.05) is 46.1 Å². The number of hydrogen-bond acceptors (Lipinski definition) is 2. The third kappa shape index (κ3) is 4.22. The minimum absolute atomic E-state index is 0.357. The summed E-state index contributed by atoms with van der Waals surface area (Å²) >= 11 is 0. The van der Waals surface area contributed by atoms with E-state index >= 15 is 0 Å². The molecule has 1 aromatic rings. The molecule has 0 bridgehead atoms. The number of nitrogens with zero attached hydrogens (tertiary/aromatic N) is 1. The number of pyridine rings is 1. The van der Waals surface area contributed by atoms with Crippen molar-refractivity contribution < 1.29 is 0 Å². The summed E-state index contributed by atoms with van der Waals surface area (Å²) in [5.74, 6) is 1.06. The Morgan fingerprint density at radius 3 is 2.84 bits per heavy atom. The maximum absolute atomic E-state index is 4.74. The first-order valence-corrected chi connectivity index (χ1v) is 7.83. The molecule has 19 heavy (non-hydrogen) atoms. The van der Waals surface area contributed by atoms with Gasteiger partial charge in [0, 0.05) is 12.2 Å². The molecule has 0 spiro atoms. The Morgan fingerprint density at radius 2 is 2.05 bits per heavy atom.